The first kappa shape index (κ1) is 7.07. The van der Waals surface area contributed by atoms with Gasteiger partial charge >= 0.3 is 0 Å². The normalized spacial score (nSPS) is 31.0. The Hall–Kier alpha value is -0.0400. The number of rotatable bonds is 0. The Labute approximate surface area is 57.8 Å². The van der Waals surface area contributed by atoms with Gasteiger partial charge in [0.1, 0.15) is 0 Å². The smallest absolute Gasteiger partial charge is 0.00387 e. The third kappa shape index (κ3) is 2.85. The third-order valence-electron chi connectivity index (χ3n) is 2.06. The molecule has 0 saturated carbocycles. The van der Waals surface area contributed by atoms with Crippen LogP contribution in [-0.4, -0.2) is 12.6 Å². The van der Waals surface area contributed by atoms with Gasteiger partial charge in [-0.05, 0) is 26.3 Å². The average Bonchev–Trinajstić information content (AvgIpc) is 1.79. The SMILES string of the molecule is C[C@H]1CCCCCCN1. The lowest BCUT2D eigenvalue weighted by atomic mass is 10.1. The molecule has 1 nitrogen and oxygen atoms in total. The van der Waals surface area contributed by atoms with Crippen LogP contribution in [0.3, 0.4) is 0 Å². The summed E-state index contributed by atoms with van der Waals surface area (Å²) in [6.45, 7) is 3.52. The van der Waals surface area contributed by atoms with E-state index in [1.165, 1.54) is 38.6 Å². The highest BCUT2D eigenvalue weighted by Crippen LogP contribution is 2.08. The first-order valence-corrected chi connectivity index (χ1v) is 4.13. The highest BCUT2D eigenvalue weighted by atomic mass is 14.9. The minimum Gasteiger partial charge on any atom is -0.314 e. The molecule has 1 aliphatic heterocycles. The molecule has 1 aliphatic rings. The van der Waals surface area contributed by atoms with Crippen molar-refractivity contribution in [3.63, 3.8) is 0 Å². The molecule has 1 heteroatoms. The fourth-order valence-corrected chi connectivity index (χ4v) is 1.38. The van der Waals surface area contributed by atoms with E-state index in [9.17, 15) is 0 Å². The molecule has 1 heterocycles. The molecule has 1 rings (SSSR count). The van der Waals surface area contributed by atoms with Crippen molar-refractivity contribution in [2.45, 2.75) is 45.1 Å². The summed E-state index contributed by atoms with van der Waals surface area (Å²) in [7, 11) is 0. The van der Waals surface area contributed by atoms with Gasteiger partial charge in [-0.2, -0.15) is 0 Å². The zero-order valence-electron chi connectivity index (χ0n) is 6.32. The first-order chi connectivity index (χ1) is 4.39. The predicted molar refractivity (Wildman–Crippen MR) is 40.5 cm³/mol. The van der Waals surface area contributed by atoms with Crippen LogP contribution in [0.1, 0.15) is 39.0 Å². The maximum absolute atomic E-state index is 3.48. The minimum atomic E-state index is 0.769. The van der Waals surface area contributed by atoms with Crippen molar-refractivity contribution in [3.05, 3.63) is 0 Å². The molecule has 54 valence electrons. The molecule has 0 aromatic heterocycles. The van der Waals surface area contributed by atoms with E-state index in [0.717, 1.165) is 6.04 Å². The largest absolute Gasteiger partial charge is 0.314 e. The first-order valence-electron chi connectivity index (χ1n) is 4.13. The second-order valence-electron chi connectivity index (χ2n) is 3.06. The molecule has 0 aromatic carbocycles. The molecular formula is C8H17N. The van der Waals surface area contributed by atoms with Crippen molar-refractivity contribution in [2.24, 2.45) is 0 Å². The van der Waals surface area contributed by atoms with Crippen molar-refractivity contribution in [1.82, 2.24) is 5.32 Å². The summed E-state index contributed by atoms with van der Waals surface area (Å²) in [6.07, 6.45) is 7.06. The molecule has 0 bridgehead atoms. The Morgan fingerprint density at radius 1 is 1.11 bits per heavy atom. The molecule has 1 fully saturated rings. The molecule has 0 amide bonds. The zero-order chi connectivity index (χ0) is 6.53. The Morgan fingerprint density at radius 2 is 1.89 bits per heavy atom. The highest BCUT2D eigenvalue weighted by Gasteiger charge is 2.02. The summed E-state index contributed by atoms with van der Waals surface area (Å²) in [4.78, 5) is 0. The number of nitrogens with one attached hydrogen (secondary N) is 1. The van der Waals surface area contributed by atoms with Gasteiger partial charge in [-0.25, -0.2) is 0 Å². The molecule has 1 N–H and O–H groups in total. The van der Waals surface area contributed by atoms with Crippen molar-refractivity contribution >= 4 is 0 Å². The van der Waals surface area contributed by atoms with Gasteiger partial charge in [-0.15, -0.1) is 0 Å². The summed E-state index contributed by atoms with van der Waals surface area (Å²) in [5, 5.41) is 3.48. The van der Waals surface area contributed by atoms with Crippen LogP contribution >= 0.6 is 0 Å². The Kier molecular flexibility index (Phi) is 3.05. The van der Waals surface area contributed by atoms with E-state index in [1.54, 1.807) is 0 Å². The molecule has 0 spiro atoms. The maximum atomic E-state index is 3.48. The Balaban J connectivity index is 2.12. The standard InChI is InChI=1S/C8H17N/c1-8-6-4-2-3-5-7-9-8/h8-9H,2-7H2,1H3/t8-/m0/s1. The highest BCUT2D eigenvalue weighted by molar-refractivity contribution is 4.63. The van der Waals surface area contributed by atoms with Crippen molar-refractivity contribution in [2.75, 3.05) is 6.54 Å². The quantitative estimate of drug-likeness (QED) is 0.524. The van der Waals surface area contributed by atoms with E-state index in [-0.39, 0.29) is 0 Å². The molecule has 1 atom stereocenters. The lowest BCUT2D eigenvalue weighted by Gasteiger charge is -2.16. The zero-order valence-corrected chi connectivity index (χ0v) is 6.32. The van der Waals surface area contributed by atoms with Gasteiger partial charge in [0.2, 0.25) is 0 Å². The van der Waals surface area contributed by atoms with Gasteiger partial charge < -0.3 is 5.32 Å². The van der Waals surface area contributed by atoms with Crippen LogP contribution in [0.15, 0.2) is 0 Å². The maximum Gasteiger partial charge on any atom is 0.00387 e. The average molecular weight is 127 g/mol. The lowest BCUT2D eigenvalue weighted by molar-refractivity contribution is 0.438. The van der Waals surface area contributed by atoms with Gasteiger partial charge in [0.15, 0.2) is 0 Å². The summed E-state index contributed by atoms with van der Waals surface area (Å²) < 4.78 is 0. The van der Waals surface area contributed by atoms with Crippen LogP contribution in [0.5, 0.6) is 0 Å². The van der Waals surface area contributed by atoms with Crippen LogP contribution in [0.2, 0.25) is 0 Å². The Bertz CT molecular complexity index is 63.0. The van der Waals surface area contributed by atoms with Gasteiger partial charge in [0, 0.05) is 6.04 Å². The van der Waals surface area contributed by atoms with Gasteiger partial charge in [-0.3, -0.25) is 0 Å². The number of hydrogen-bond donors (Lipinski definition) is 1. The summed E-state index contributed by atoms with van der Waals surface area (Å²) in [5.41, 5.74) is 0. The van der Waals surface area contributed by atoms with Crippen LogP contribution in [-0.2, 0) is 0 Å². The Morgan fingerprint density at radius 3 is 2.78 bits per heavy atom. The van der Waals surface area contributed by atoms with E-state index in [0.29, 0.717) is 0 Å². The number of hydrogen-bond acceptors (Lipinski definition) is 1. The molecule has 0 aromatic rings. The molecule has 0 radical (unpaired) electrons. The van der Waals surface area contributed by atoms with Crippen molar-refractivity contribution in [1.29, 1.82) is 0 Å². The topological polar surface area (TPSA) is 12.0 Å². The molecule has 0 unspecified atom stereocenters. The summed E-state index contributed by atoms with van der Waals surface area (Å²) in [5.74, 6) is 0. The molecular weight excluding hydrogens is 110 g/mol. The summed E-state index contributed by atoms with van der Waals surface area (Å²) in [6, 6.07) is 0.769. The predicted octanol–water partition coefficient (Wildman–Crippen LogP) is 1.93. The molecule has 1 saturated heterocycles. The van der Waals surface area contributed by atoms with Crippen LogP contribution in [0, 0.1) is 0 Å². The van der Waals surface area contributed by atoms with Crippen LogP contribution < -0.4 is 5.32 Å². The fourth-order valence-electron chi connectivity index (χ4n) is 1.38. The van der Waals surface area contributed by atoms with Crippen LogP contribution in [0.25, 0.3) is 0 Å². The fraction of sp³-hybridized carbons (Fsp3) is 1.00. The van der Waals surface area contributed by atoms with E-state index in [2.05, 4.69) is 12.2 Å². The second-order valence-corrected chi connectivity index (χ2v) is 3.06. The van der Waals surface area contributed by atoms with Gasteiger partial charge in [0.05, 0.1) is 0 Å². The minimum absolute atomic E-state index is 0.769. The second kappa shape index (κ2) is 3.89. The van der Waals surface area contributed by atoms with Gasteiger partial charge in [-0.1, -0.05) is 19.3 Å². The van der Waals surface area contributed by atoms with E-state index < -0.39 is 0 Å². The van der Waals surface area contributed by atoms with Gasteiger partial charge in [0.25, 0.3) is 0 Å². The third-order valence-corrected chi connectivity index (χ3v) is 2.06. The van der Waals surface area contributed by atoms with E-state index >= 15 is 0 Å². The van der Waals surface area contributed by atoms with E-state index in [4.69, 9.17) is 0 Å². The van der Waals surface area contributed by atoms with Crippen LogP contribution in [0.4, 0.5) is 0 Å². The molecule has 9 heavy (non-hydrogen) atoms. The molecule has 0 aliphatic carbocycles. The van der Waals surface area contributed by atoms with E-state index in [1.807, 2.05) is 0 Å². The lowest BCUT2D eigenvalue weighted by Crippen LogP contribution is -2.28. The van der Waals surface area contributed by atoms with Crippen molar-refractivity contribution < 1.29 is 0 Å². The monoisotopic (exact) mass is 127 g/mol. The summed E-state index contributed by atoms with van der Waals surface area (Å²) >= 11 is 0. The van der Waals surface area contributed by atoms with Crippen molar-refractivity contribution in [3.8, 4) is 0 Å².